The molecule has 0 aliphatic carbocycles. The van der Waals surface area contributed by atoms with Crippen molar-refractivity contribution in [2.24, 2.45) is 0 Å². The molecule has 0 aliphatic heterocycles. The Hall–Kier alpha value is -1.62. The molecule has 0 unspecified atom stereocenters. The maximum atomic E-state index is 13.3. The smallest absolute Gasteiger partial charge is 0.352 e. The number of nitrogens with zero attached hydrogens (tertiary/aromatic N) is 1. The quantitative estimate of drug-likeness (QED) is 0.937. The van der Waals surface area contributed by atoms with Crippen LogP contribution < -0.4 is 0 Å². The van der Waals surface area contributed by atoms with Crippen LogP contribution in [0, 0.1) is 5.82 Å². The van der Waals surface area contributed by atoms with E-state index in [1.54, 1.807) is 16.7 Å². The Morgan fingerprint density at radius 3 is 2.72 bits per heavy atom. The normalized spacial score (nSPS) is 10.6. The van der Waals surface area contributed by atoms with E-state index in [-0.39, 0.29) is 11.5 Å². The zero-order valence-corrected chi connectivity index (χ0v) is 11.2. The fraction of sp³-hybridized carbons (Fsp3) is 0.154. The van der Waals surface area contributed by atoms with Gasteiger partial charge in [-0.1, -0.05) is 15.9 Å². The minimum atomic E-state index is -0.990. The van der Waals surface area contributed by atoms with Crippen LogP contribution in [0.25, 0.3) is 11.3 Å². The van der Waals surface area contributed by atoms with Gasteiger partial charge in [-0.15, -0.1) is 0 Å². The van der Waals surface area contributed by atoms with Crippen LogP contribution in [0.3, 0.4) is 0 Å². The first-order chi connectivity index (χ1) is 8.54. The van der Waals surface area contributed by atoms with E-state index < -0.39 is 5.97 Å². The van der Waals surface area contributed by atoms with Crippen LogP contribution in [-0.4, -0.2) is 15.6 Å². The van der Waals surface area contributed by atoms with Crippen LogP contribution in [-0.2, 0) is 6.54 Å². The van der Waals surface area contributed by atoms with Gasteiger partial charge in [-0.2, -0.15) is 0 Å². The largest absolute Gasteiger partial charge is 0.477 e. The summed E-state index contributed by atoms with van der Waals surface area (Å²) >= 11 is 3.35. The van der Waals surface area contributed by atoms with Crippen LogP contribution in [0.2, 0.25) is 0 Å². The maximum absolute atomic E-state index is 13.3. The molecule has 1 N–H and O–H groups in total. The topological polar surface area (TPSA) is 42.2 Å². The zero-order valence-electron chi connectivity index (χ0n) is 9.65. The average molecular weight is 312 g/mol. The summed E-state index contributed by atoms with van der Waals surface area (Å²) in [5.74, 6) is -1.34. The number of benzene rings is 1. The highest BCUT2D eigenvalue weighted by molar-refractivity contribution is 9.10. The molecule has 5 heteroatoms. The van der Waals surface area contributed by atoms with Crippen molar-refractivity contribution in [1.29, 1.82) is 0 Å². The molecule has 0 amide bonds. The molecule has 18 heavy (non-hydrogen) atoms. The lowest BCUT2D eigenvalue weighted by Crippen LogP contribution is -2.08. The van der Waals surface area contributed by atoms with E-state index in [2.05, 4.69) is 15.9 Å². The lowest BCUT2D eigenvalue weighted by molar-refractivity contribution is 0.0685. The van der Waals surface area contributed by atoms with Gasteiger partial charge in [-0.3, -0.25) is 0 Å². The van der Waals surface area contributed by atoms with Gasteiger partial charge >= 0.3 is 5.97 Å². The van der Waals surface area contributed by atoms with Gasteiger partial charge in [0.25, 0.3) is 0 Å². The molecule has 0 saturated carbocycles. The third-order valence-corrected chi connectivity index (χ3v) is 3.41. The molecule has 2 rings (SSSR count). The molecule has 1 aromatic heterocycles. The highest BCUT2D eigenvalue weighted by atomic mass is 79.9. The Kier molecular flexibility index (Phi) is 3.52. The van der Waals surface area contributed by atoms with Crippen molar-refractivity contribution in [3.8, 4) is 11.3 Å². The molecule has 0 fully saturated rings. The Bertz CT molecular complexity index is 607. The Morgan fingerprint density at radius 2 is 2.11 bits per heavy atom. The molecule has 0 spiro atoms. The second-order valence-corrected chi connectivity index (χ2v) is 4.63. The van der Waals surface area contributed by atoms with Crippen molar-refractivity contribution in [2.45, 2.75) is 13.5 Å². The van der Waals surface area contributed by atoms with Gasteiger partial charge in [-0.25, -0.2) is 9.18 Å². The fourth-order valence-corrected chi connectivity index (χ4v) is 2.37. The van der Waals surface area contributed by atoms with Crippen molar-refractivity contribution in [3.63, 3.8) is 0 Å². The van der Waals surface area contributed by atoms with E-state index in [0.717, 1.165) is 4.47 Å². The van der Waals surface area contributed by atoms with Gasteiger partial charge in [0.1, 0.15) is 11.5 Å². The first kappa shape index (κ1) is 12.8. The van der Waals surface area contributed by atoms with E-state index in [0.29, 0.717) is 17.8 Å². The van der Waals surface area contributed by atoms with E-state index in [1.807, 2.05) is 6.92 Å². The minimum Gasteiger partial charge on any atom is -0.477 e. The summed E-state index contributed by atoms with van der Waals surface area (Å²) < 4.78 is 15.7. The van der Waals surface area contributed by atoms with E-state index in [1.165, 1.54) is 18.2 Å². The van der Waals surface area contributed by atoms with Gasteiger partial charge in [0.15, 0.2) is 0 Å². The summed E-state index contributed by atoms with van der Waals surface area (Å²) in [7, 11) is 0. The Labute approximate surface area is 112 Å². The first-order valence-corrected chi connectivity index (χ1v) is 6.22. The molecule has 2 aromatic rings. The predicted octanol–water partition coefficient (Wildman–Crippen LogP) is 3.77. The van der Waals surface area contributed by atoms with Gasteiger partial charge in [-0.05, 0) is 37.3 Å². The maximum Gasteiger partial charge on any atom is 0.352 e. The Morgan fingerprint density at radius 1 is 1.39 bits per heavy atom. The summed E-state index contributed by atoms with van der Waals surface area (Å²) in [4.78, 5) is 11.1. The summed E-state index contributed by atoms with van der Waals surface area (Å²) in [6.45, 7) is 2.36. The molecular formula is C13H11BrFNO2. The lowest BCUT2D eigenvalue weighted by Gasteiger charge is -2.10. The highest BCUT2D eigenvalue weighted by Crippen LogP contribution is 2.30. The summed E-state index contributed by atoms with van der Waals surface area (Å²) in [5.41, 5.74) is 1.52. The molecule has 3 nitrogen and oxygen atoms in total. The molecule has 0 saturated heterocycles. The average Bonchev–Trinajstić information content (AvgIpc) is 2.75. The number of aromatic nitrogens is 1. The van der Waals surface area contributed by atoms with Gasteiger partial charge in [0.05, 0.1) is 0 Å². The second-order valence-electron chi connectivity index (χ2n) is 3.78. The van der Waals surface area contributed by atoms with Crippen LogP contribution in [0.1, 0.15) is 17.4 Å². The molecule has 0 aliphatic rings. The number of hydrogen-bond donors (Lipinski definition) is 1. The third-order valence-electron chi connectivity index (χ3n) is 2.72. The minimum absolute atomic E-state index is 0.198. The molecule has 1 heterocycles. The van der Waals surface area contributed by atoms with E-state index >= 15 is 0 Å². The van der Waals surface area contributed by atoms with Crippen LogP contribution >= 0.6 is 15.9 Å². The molecule has 1 aromatic carbocycles. The number of aromatic carboxylic acids is 1. The van der Waals surface area contributed by atoms with Crippen molar-refractivity contribution in [3.05, 3.63) is 46.3 Å². The monoisotopic (exact) mass is 311 g/mol. The summed E-state index contributed by atoms with van der Waals surface area (Å²) in [6, 6.07) is 7.56. The third kappa shape index (κ3) is 2.18. The van der Waals surface area contributed by atoms with Crippen molar-refractivity contribution < 1.29 is 14.3 Å². The van der Waals surface area contributed by atoms with Crippen LogP contribution in [0.4, 0.5) is 4.39 Å². The number of rotatable bonds is 3. The standard InChI is InChI=1S/C13H11BrFNO2/c1-2-16-11(5-6-12(16)13(17)18)9-7-8(15)3-4-10(9)14/h3-7H,2H2,1H3,(H,17,18). The van der Waals surface area contributed by atoms with Crippen molar-refractivity contribution >= 4 is 21.9 Å². The summed E-state index contributed by atoms with van der Waals surface area (Å²) in [5, 5.41) is 9.07. The second kappa shape index (κ2) is 4.94. The number of hydrogen-bond acceptors (Lipinski definition) is 1. The fourth-order valence-electron chi connectivity index (χ4n) is 1.92. The van der Waals surface area contributed by atoms with Gasteiger partial charge in [0.2, 0.25) is 0 Å². The van der Waals surface area contributed by atoms with Crippen molar-refractivity contribution in [1.82, 2.24) is 4.57 Å². The highest BCUT2D eigenvalue weighted by Gasteiger charge is 2.15. The number of carboxylic acids is 1. The molecule has 0 radical (unpaired) electrons. The molecule has 0 atom stereocenters. The van der Waals surface area contributed by atoms with Crippen LogP contribution in [0.5, 0.6) is 0 Å². The first-order valence-electron chi connectivity index (χ1n) is 5.42. The number of carboxylic acid groups (broad SMARTS) is 1. The van der Waals surface area contributed by atoms with Crippen molar-refractivity contribution in [2.75, 3.05) is 0 Å². The van der Waals surface area contributed by atoms with Crippen LogP contribution in [0.15, 0.2) is 34.8 Å². The predicted molar refractivity (Wildman–Crippen MR) is 70.2 cm³/mol. The SMILES string of the molecule is CCn1c(C(=O)O)ccc1-c1cc(F)ccc1Br. The molecule has 94 valence electrons. The summed E-state index contributed by atoms with van der Waals surface area (Å²) in [6.07, 6.45) is 0. The van der Waals surface area contributed by atoms with Gasteiger partial charge in [0, 0.05) is 22.3 Å². The number of carbonyl (C=O) groups is 1. The number of halogens is 2. The van der Waals surface area contributed by atoms with E-state index in [4.69, 9.17) is 5.11 Å². The molecule has 0 bridgehead atoms. The zero-order chi connectivity index (χ0) is 13.3. The van der Waals surface area contributed by atoms with E-state index in [9.17, 15) is 9.18 Å². The molecular weight excluding hydrogens is 301 g/mol. The Balaban J connectivity index is 2.64. The lowest BCUT2D eigenvalue weighted by atomic mass is 10.1. The van der Waals surface area contributed by atoms with Gasteiger partial charge < -0.3 is 9.67 Å².